The first-order chi connectivity index (χ1) is 14.6. The Hall–Kier alpha value is -1.85. The molecule has 2 rings (SSSR count). The Labute approximate surface area is 191 Å². The number of benzene rings is 1. The maximum atomic E-state index is 12.0. The van der Waals surface area contributed by atoms with Crippen LogP contribution < -0.4 is 4.74 Å². The molecule has 4 nitrogen and oxygen atoms in total. The molecule has 0 radical (unpaired) electrons. The predicted molar refractivity (Wildman–Crippen MR) is 128 cm³/mol. The minimum atomic E-state index is -0.533. The van der Waals surface area contributed by atoms with Crippen molar-refractivity contribution in [3.63, 3.8) is 0 Å². The number of rotatable bonds is 10. The average Bonchev–Trinajstić information content (AvgIpc) is 3.24. The van der Waals surface area contributed by atoms with Crippen molar-refractivity contribution in [2.45, 2.75) is 78.7 Å². The molecule has 2 aromatic rings. The number of aliphatic hydroxyl groups excluding tert-OH is 1. The lowest BCUT2D eigenvalue weighted by atomic mass is 9.74. The first kappa shape index (κ1) is 25.4. The molecule has 172 valence electrons. The number of thiophene rings is 1. The summed E-state index contributed by atoms with van der Waals surface area (Å²) in [6.45, 7) is 12.9. The Kier molecular flexibility index (Phi) is 8.73. The fourth-order valence-electron chi connectivity index (χ4n) is 3.86. The zero-order chi connectivity index (χ0) is 23.2. The summed E-state index contributed by atoms with van der Waals surface area (Å²) < 4.78 is 11.0. The number of hydrogen-bond donors (Lipinski definition) is 1. The zero-order valence-electron chi connectivity index (χ0n) is 20.1. The van der Waals surface area contributed by atoms with E-state index in [9.17, 15) is 9.90 Å². The van der Waals surface area contributed by atoms with E-state index < -0.39 is 6.10 Å². The van der Waals surface area contributed by atoms with E-state index in [2.05, 4.69) is 39.0 Å². The van der Waals surface area contributed by atoms with Gasteiger partial charge in [-0.15, -0.1) is 11.3 Å². The monoisotopic (exact) mass is 446 g/mol. The Bertz CT molecular complexity index is 859. The van der Waals surface area contributed by atoms with E-state index in [1.54, 1.807) is 0 Å². The number of ether oxygens (including phenoxy) is 2. The summed E-state index contributed by atoms with van der Waals surface area (Å²) in [6.07, 6.45) is 3.25. The number of methoxy groups -OCH3 is 1. The Morgan fingerprint density at radius 3 is 2.32 bits per heavy atom. The van der Waals surface area contributed by atoms with Gasteiger partial charge in [0.1, 0.15) is 17.2 Å². The molecule has 0 aliphatic rings. The van der Waals surface area contributed by atoms with Crippen LogP contribution in [0.3, 0.4) is 0 Å². The van der Waals surface area contributed by atoms with Gasteiger partial charge in [-0.1, -0.05) is 60.1 Å². The van der Waals surface area contributed by atoms with Crippen molar-refractivity contribution >= 4 is 17.3 Å². The van der Waals surface area contributed by atoms with Gasteiger partial charge < -0.3 is 14.6 Å². The fourth-order valence-corrected chi connectivity index (χ4v) is 5.13. The van der Waals surface area contributed by atoms with Gasteiger partial charge in [0.25, 0.3) is 0 Å². The summed E-state index contributed by atoms with van der Waals surface area (Å²) in [6, 6.07) is 10.4. The van der Waals surface area contributed by atoms with Gasteiger partial charge in [0.2, 0.25) is 0 Å². The number of carbonyl (C=O) groups is 1. The van der Waals surface area contributed by atoms with Crippen LogP contribution in [0.1, 0.15) is 86.5 Å². The highest BCUT2D eigenvalue weighted by Gasteiger charge is 2.33. The van der Waals surface area contributed by atoms with Gasteiger partial charge in [0, 0.05) is 10.3 Å². The zero-order valence-corrected chi connectivity index (χ0v) is 20.9. The van der Waals surface area contributed by atoms with E-state index >= 15 is 0 Å². The SMILES string of the molecule is CCCc1cc(C(CC)(CC)c2ccc(C(=O)OC)s2)ccc1OCC(O)C(C)(C)C. The minimum absolute atomic E-state index is 0.164. The molecule has 0 aliphatic heterocycles. The number of esters is 1. The highest BCUT2D eigenvalue weighted by Crippen LogP contribution is 2.43. The second-order valence-electron chi connectivity index (χ2n) is 9.21. The van der Waals surface area contributed by atoms with Gasteiger partial charge in [-0.25, -0.2) is 4.79 Å². The van der Waals surface area contributed by atoms with Crippen molar-refractivity contribution in [3.8, 4) is 5.75 Å². The van der Waals surface area contributed by atoms with Crippen LogP contribution in [0.25, 0.3) is 0 Å². The Balaban J connectivity index is 2.43. The summed E-state index contributed by atoms with van der Waals surface area (Å²) in [7, 11) is 1.42. The molecule has 0 amide bonds. The maximum absolute atomic E-state index is 12.0. The van der Waals surface area contributed by atoms with Crippen LogP contribution in [0.5, 0.6) is 5.75 Å². The molecule has 0 spiro atoms. The van der Waals surface area contributed by atoms with E-state index in [1.807, 2.05) is 32.9 Å². The van der Waals surface area contributed by atoms with Gasteiger partial charge in [-0.2, -0.15) is 0 Å². The summed E-state index contributed by atoms with van der Waals surface area (Å²) in [4.78, 5) is 13.8. The molecule has 1 unspecified atom stereocenters. The van der Waals surface area contributed by atoms with E-state index in [-0.39, 0.29) is 23.4 Å². The smallest absolute Gasteiger partial charge is 0.348 e. The molecular formula is C26H38O4S. The van der Waals surface area contributed by atoms with Crippen molar-refractivity contribution in [1.82, 2.24) is 0 Å². The number of aryl methyl sites for hydroxylation is 1. The summed E-state index contributed by atoms with van der Waals surface area (Å²) >= 11 is 1.52. The molecule has 0 saturated heterocycles. The molecule has 0 fully saturated rings. The van der Waals surface area contributed by atoms with E-state index in [4.69, 9.17) is 9.47 Å². The van der Waals surface area contributed by atoms with Gasteiger partial charge >= 0.3 is 5.97 Å². The highest BCUT2D eigenvalue weighted by atomic mass is 32.1. The quantitative estimate of drug-likeness (QED) is 0.430. The highest BCUT2D eigenvalue weighted by molar-refractivity contribution is 7.14. The van der Waals surface area contributed by atoms with Gasteiger partial charge in [-0.05, 0) is 54.0 Å². The van der Waals surface area contributed by atoms with Crippen LogP contribution in [0.4, 0.5) is 0 Å². The minimum Gasteiger partial charge on any atom is -0.491 e. The normalized spacial score (nSPS) is 13.2. The van der Waals surface area contributed by atoms with Crippen molar-refractivity contribution < 1.29 is 19.4 Å². The number of aliphatic hydroxyl groups is 1. The van der Waals surface area contributed by atoms with Crippen LogP contribution in [0.2, 0.25) is 0 Å². The van der Waals surface area contributed by atoms with Crippen molar-refractivity contribution in [3.05, 3.63) is 51.2 Å². The van der Waals surface area contributed by atoms with Crippen molar-refractivity contribution in [1.29, 1.82) is 0 Å². The third-order valence-corrected chi connectivity index (χ3v) is 7.47. The Morgan fingerprint density at radius 1 is 1.10 bits per heavy atom. The molecule has 31 heavy (non-hydrogen) atoms. The molecule has 1 N–H and O–H groups in total. The summed E-state index contributed by atoms with van der Waals surface area (Å²) in [5.74, 6) is 0.557. The van der Waals surface area contributed by atoms with E-state index in [0.717, 1.165) is 37.0 Å². The molecular weight excluding hydrogens is 408 g/mol. The van der Waals surface area contributed by atoms with E-state index in [0.29, 0.717) is 4.88 Å². The lowest BCUT2D eigenvalue weighted by Crippen LogP contribution is -2.32. The van der Waals surface area contributed by atoms with Gasteiger partial charge in [-0.3, -0.25) is 0 Å². The van der Waals surface area contributed by atoms with Crippen LogP contribution in [0.15, 0.2) is 30.3 Å². The molecule has 0 aliphatic carbocycles. The predicted octanol–water partition coefficient (Wildman–Crippen LogP) is 6.38. The molecule has 1 aromatic carbocycles. The fraction of sp³-hybridized carbons (Fsp3) is 0.577. The summed E-state index contributed by atoms with van der Waals surface area (Å²) in [5.41, 5.74) is 2.02. The topological polar surface area (TPSA) is 55.8 Å². The largest absolute Gasteiger partial charge is 0.491 e. The molecule has 0 bridgehead atoms. The molecule has 5 heteroatoms. The second-order valence-corrected chi connectivity index (χ2v) is 10.3. The molecule has 1 aromatic heterocycles. The lowest BCUT2D eigenvalue weighted by Gasteiger charge is -2.32. The first-order valence-corrected chi connectivity index (χ1v) is 12.1. The van der Waals surface area contributed by atoms with Crippen LogP contribution in [0, 0.1) is 5.41 Å². The number of carbonyl (C=O) groups excluding carboxylic acids is 1. The second kappa shape index (κ2) is 10.6. The molecule has 0 saturated carbocycles. The standard InChI is InChI=1S/C26H38O4S/c1-8-11-18-16-19(12-13-20(18)30-17-22(27)25(4,5)6)26(9-2,10-3)23-15-14-21(31-23)24(28)29-7/h12-16,22,27H,8-11,17H2,1-7H3. The third-order valence-electron chi connectivity index (χ3n) is 6.20. The van der Waals surface area contributed by atoms with Crippen LogP contribution >= 0.6 is 11.3 Å². The van der Waals surface area contributed by atoms with Crippen molar-refractivity contribution in [2.24, 2.45) is 5.41 Å². The molecule has 1 atom stereocenters. The lowest BCUT2D eigenvalue weighted by molar-refractivity contribution is 0.0215. The maximum Gasteiger partial charge on any atom is 0.348 e. The van der Waals surface area contributed by atoms with Crippen molar-refractivity contribution in [2.75, 3.05) is 13.7 Å². The third kappa shape index (κ3) is 5.69. The Morgan fingerprint density at radius 2 is 1.77 bits per heavy atom. The van der Waals surface area contributed by atoms with Crippen LogP contribution in [-0.4, -0.2) is 30.9 Å². The summed E-state index contributed by atoms with van der Waals surface area (Å²) in [5, 5.41) is 10.4. The average molecular weight is 447 g/mol. The van der Waals surface area contributed by atoms with Gasteiger partial charge in [0.05, 0.1) is 13.2 Å². The number of hydrogen-bond acceptors (Lipinski definition) is 5. The molecule has 1 heterocycles. The van der Waals surface area contributed by atoms with Crippen LogP contribution in [-0.2, 0) is 16.6 Å². The van der Waals surface area contributed by atoms with Gasteiger partial charge in [0.15, 0.2) is 0 Å². The van der Waals surface area contributed by atoms with E-state index in [1.165, 1.54) is 28.9 Å². The first-order valence-electron chi connectivity index (χ1n) is 11.3.